The molecule has 58 valence electrons. The molecule has 0 radical (unpaired) electrons. The summed E-state index contributed by atoms with van der Waals surface area (Å²) in [5.74, 6) is 0. The lowest BCUT2D eigenvalue weighted by Crippen LogP contribution is -2.33. The van der Waals surface area contributed by atoms with Gasteiger partial charge in [-0.25, -0.2) is 0 Å². The first kappa shape index (κ1) is 9.50. The summed E-state index contributed by atoms with van der Waals surface area (Å²) in [7, 11) is -1.41. The second kappa shape index (κ2) is 3.89. The Morgan fingerprint density at radius 3 is 2.36 bits per heavy atom. The number of rotatable bonds is 1. The summed E-state index contributed by atoms with van der Waals surface area (Å²) in [4.78, 5) is 0. The molecule has 5 heteroatoms. The van der Waals surface area contributed by atoms with Gasteiger partial charge in [0, 0.05) is 13.5 Å². The molecular formula is C6H5BBrIO2. The van der Waals surface area contributed by atoms with Crippen molar-refractivity contribution in [3.63, 3.8) is 0 Å². The molecule has 0 aliphatic carbocycles. The second-order valence-corrected chi connectivity index (χ2v) is 4.03. The van der Waals surface area contributed by atoms with Crippen molar-refractivity contribution >= 4 is 51.1 Å². The Kier molecular flexibility index (Phi) is 3.36. The van der Waals surface area contributed by atoms with Crippen molar-refractivity contribution in [1.29, 1.82) is 0 Å². The number of hydrogen-bond donors (Lipinski definition) is 2. The van der Waals surface area contributed by atoms with E-state index in [0.717, 1.165) is 8.04 Å². The fraction of sp³-hybridized carbons (Fsp3) is 0. The van der Waals surface area contributed by atoms with Crippen LogP contribution in [0.5, 0.6) is 0 Å². The molecule has 0 amide bonds. The zero-order chi connectivity index (χ0) is 8.43. The zero-order valence-electron chi connectivity index (χ0n) is 5.46. The molecule has 11 heavy (non-hydrogen) atoms. The molecule has 0 fully saturated rings. The van der Waals surface area contributed by atoms with Gasteiger partial charge in [-0.2, -0.15) is 0 Å². The molecule has 0 heterocycles. The van der Waals surface area contributed by atoms with Crippen molar-refractivity contribution in [2.24, 2.45) is 0 Å². The topological polar surface area (TPSA) is 40.5 Å². The van der Waals surface area contributed by atoms with Gasteiger partial charge in [0.15, 0.2) is 0 Å². The Morgan fingerprint density at radius 1 is 1.36 bits per heavy atom. The lowest BCUT2D eigenvalue weighted by atomic mass is 9.80. The van der Waals surface area contributed by atoms with E-state index in [2.05, 4.69) is 38.5 Å². The van der Waals surface area contributed by atoms with Gasteiger partial charge in [-0.05, 0) is 34.7 Å². The van der Waals surface area contributed by atoms with Crippen molar-refractivity contribution in [2.45, 2.75) is 0 Å². The Balaban J connectivity index is 3.21. The van der Waals surface area contributed by atoms with E-state index in [1.807, 2.05) is 12.1 Å². The normalized spacial score (nSPS) is 9.82. The van der Waals surface area contributed by atoms with Crippen LogP contribution < -0.4 is 5.46 Å². The van der Waals surface area contributed by atoms with Crippen molar-refractivity contribution in [2.75, 3.05) is 0 Å². The quantitative estimate of drug-likeness (QED) is 0.590. The first-order valence-electron chi connectivity index (χ1n) is 2.93. The second-order valence-electron chi connectivity index (χ2n) is 2.01. The summed E-state index contributed by atoms with van der Waals surface area (Å²) >= 11 is 5.27. The third-order valence-electron chi connectivity index (χ3n) is 1.26. The molecular weight excluding hydrogens is 322 g/mol. The van der Waals surface area contributed by atoms with Gasteiger partial charge in [-0.1, -0.05) is 22.0 Å². The Bertz CT molecular complexity index is 247. The summed E-state index contributed by atoms with van der Waals surface area (Å²) in [5, 5.41) is 17.8. The highest BCUT2D eigenvalue weighted by Crippen LogP contribution is 2.11. The van der Waals surface area contributed by atoms with Gasteiger partial charge >= 0.3 is 7.12 Å². The lowest BCUT2D eigenvalue weighted by Gasteiger charge is -2.04. The van der Waals surface area contributed by atoms with Crippen LogP contribution >= 0.6 is 38.5 Å². The molecule has 0 aromatic heterocycles. The first-order valence-corrected chi connectivity index (χ1v) is 4.80. The van der Waals surface area contributed by atoms with E-state index in [4.69, 9.17) is 10.0 Å². The highest BCUT2D eigenvalue weighted by atomic mass is 127. The maximum absolute atomic E-state index is 8.91. The molecule has 0 atom stereocenters. The summed E-state index contributed by atoms with van der Waals surface area (Å²) in [6.07, 6.45) is 0. The van der Waals surface area contributed by atoms with Crippen LogP contribution in [-0.2, 0) is 0 Å². The highest BCUT2D eigenvalue weighted by Gasteiger charge is 2.17. The predicted octanol–water partition coefficient (Wildman–Crippen LogP) is 0.733. The minimum Gasteiger partial charge on any atom is -0.423 e. The van der Waals surface area contributed by atoms with Crippen LogP contribution in [0.1, 0.15) is 0 Å². The van der Waals surface area contributed by atoms with Gasteiger partial charge in [0.1, 0.15) is 0 Å². The summed E-state index contributed by atoms with van der Waals surface area (Å²) in [6, 6.07) is 5.44. The van der Waals surface area contributed by atoms with E-state index in [9.17, 15) is 0 Å². The average molecular weight is 327 g/mol. The summed E-state index contributed by atoms with van der Waals surface area (Å²) < 4.78 is 1.56. The van der Waals surface area contributed by atoms with Gasteiger partial charge in [0.25, 0.3) is 0 Å². The number of hydrogen-bond acceptors (Lipinski definition) is 2. The molecule has 2 nitrogen and oxygen atoms in total. The van der Waals surface area contributed by atoms with E-state index < -0.39 is 7.12 Å². The lowest BCUT2D eigenvalue weighted by molar-refractivity contribution is 0.425. The maximum Gasteiger partial charge on any atom is 0.490 e. The molecule has 0 saturated carbocycles. The minimum absolute atomic E-state index is 0.521. The molecule has 1 rings (SSSR count). The fourth-order valence-electron chi connectivity index (χ4n) is 0.757. The molecule has 0 saturated heterocycles. The largest absolute Gasteiger partial charge is 0.490 e. The van der Waals surface area contributed by atoms with E-state index in [1.54, 1.807) is 6.07 Å². The molecule has 0 bridgehead atoms. The molecule has 1 aromatic rings. The number of benzene rings is 1. The zero-order valence-corrected chi connectivity index (χ0v) is 9.20. The first-order chi connectivity index (χ1) is 5.13. The minimum atomic E-state index is -1.41. The molecule has 0 spiro atoms. The molecule has 1 aromatic carbocycles. The van der Waals surface area contributed by atoms with Crippen LogP contribution in [0.3, 0.4) is 0 Å². The molecule has 0 aliphatic heterocycles. The van der Waals surface area contributed by atoms with Crippen LogP contribution in [0.25, 0.3) is 0 Å². The van der Waals surface area contributed by atoms with Gasteiger partial charge in [-0.3, -0.25) is 0 Å². The summed E-state index contributed by atoms with van der Waals surface area (Å²) in [6.45, 7) is 0. The van der Waals surface area contributed by atoms with Crippen molar-refractivity contribution < 1.29 is 10.0 Å². The predicted molar refractivity (Wildman–Crippen MR) is 56.7 cm³/mol. The van der Waals surface area contributed by atoms with Gasteiger partial charge in [-0.15, -0.1) is 0 Å². The standard InChI is InChI=1S/C6H5BBrIO2/c8-4-2-1-3-5(9)6(4)7(10)11/h1-3,10-11H. The van der Waals surface area contributed by atoms with E-state index in [1.165, 1.54) is 0 Å². The Labute approximate surface area is 87.0 Å². The van der Waals surface area contributed by atoms with Crippen LogP contribution in [0.15, 0.2) is 22.7 Å². The smallest absolute Gasteiger partial charge is 0.423 e. The monoisotopic (exact) mass is 326 g/mol. The van der Waals surface area contributed by atoms with Crippen LogP contribution in [-0.4, -0.2) is 17.2 Å². The van der Waals surface area contributed by atoms with Gasteiger partial charge in [0.2, 0.25) is 0 Å². The Hall–Kier alpha value is 0.415. The van der Waals surface area contributed by atoms with E-state index >= 15 is 0 Å². The fourth-order valence-corrected chi connectivity index (χ4v) is 2.48. The van der Waals surface area contributed by atoms with E-state index in [0.29, 0.717) is 5.46 Å². The van der Waals surface area contributed by atoms with E-state index in [-0.39, 0.29) is 0 Å². The highest BCUT2D eigenvalue weighted by molar-refractivity contribution is 14.1. The SMILES string of the molecule is OB(O)c1c(Br)cccc1I. The molecule has 0 unspecified atom stereocenters. The average Bonchev–Trinajstić information content (AvgIpc) is 1.85. The van der Waals surface area contributed by atoms with Crippen LogP contribution in [0.2, 0.25) is 0 Å². The Morgan fingerprint density at radius 2 is 2.00 bits per heavy atom. The molecule has 2 N–H and O–H groups in total. The van der Waals surface area contributed by atoms with Crippen LogP contribution in [0, 0.1) is 3.57 Å². The van der Waals surface area contributed by atoms with Crippen LogP contribution in [0.4, 0.5) is 0 Å². The van der Waals surface area contributed by atoms with Gasteiger partial charge < -0.3 is 10.0 Å². The third-order valence-corrected chi connectivity index (χ3v) is 2.89. The molecule has 0 aliphatic rings. The van der Waals surface area contributed by atoms with Crippen molar-refractivity contribution in [3.8, 4) is 0 Å². The summed E-state index contributed by atoms with van der Waals surface area (Å²) in [5.41, 5.74) is 0.521. The number of halogens is 2. The maximum atomic E-state index is 8.91. The third kappa shape index (κ3) is 2.17. The van der Waals surface area contributed by atoms with Gasteiger partial charge in [0.05, 0.1) is 0 Å². The van der Waals surface area contributed by atoms with Crippen molar-refractivity contribution in [1.82, 2.24) is 0 Å². The van der Waals surface area contributed by atoms with Crippen molar-refractivity contribution in [3.05, 3.63) is 26.2 Å².